The first-order valence-corrected chi connectivity index (χ1v) is 10.1. The fraction of sp³-hybridized carbons (Fsp3) is 0.250. The molecular formula is C16H16N8O2S. The minimum Gasteiger partial charge on any atom is -0.379 e. The van der Waals surface area contributed by atoms with E-state index in [4.69, 9.17) is 0 Å². The van der Waals surface area contributed by atoms with Crippen molar-refractivity contribution in [3.8, 4) is 6.07 Å². The van der Waals surface area contributed by atoms with Crippen LogP contribution in [0, 0.1) is 11.3 Å². The molecule has 0 spiro atoms. The summed E-state index contributed by atoms with van der Waals surface area (Å²) >= 11 is 0. The average Bonchev–Trinajstić information content (AvgIpc) is 3.30. The summed E-state index contributed by atoms with van der Waals surface area (Å²) in [5.74, 6) is 1.05. The molecule has 0 aromatic carbocycles. The predicted octanol–water partition coefficient (Wildman–Crippen LogP) is 1.69. The minimum absolute atomic E-state index is 0.195. The van der Waals surface area contributed by atoms with Crippen LogP contribution in [0.15, 0.2) is 30.5 Å². The maximum Gasteiger partial charge on any atom is 0.230 e. The molecular weight excluding hydrogens is 368 g/mol. The second kappa shape index (κ2) is 6.40. The van der Waals surface area contributed by atoms with Crippen LogP contribution >= 0.6 is 0 Å². The quantitative estimate of drug-likeness (QED) is 0.584. The Hall–Kier alpha value is -3.39. The monoisotopic (exact) mass is 384 g/mol. The molecule has 1 saturated carbocycles. The van der Waals surface area contributed by atoms with Crippen LogP contribution in [0.5, 0.6) is 0 Å². The second-order valence-corrected chi connectivity index (χ2v) is 8.01. The molecule has 27 heavy (non-hydrogen) atoms. The van der Waals surface area contributed by atoms with Gasteiger partial charge in [-0.15, -0.1) is 5.10 Å². The number of hydrogen-bond donors (Lipinski definition) is 3. The van der Waals surface area contributed by atoms with Crippen LogP contribution in [0.2, 0.25) is 0 Å². The van der Waals surface area contributed by atoms with Gasteiger partial charge in [-0.1, -0.05) is 6.07 Å². The van der Waals surface area contributed by atoms with E-state index in [1.807, 2.05) is 0 Å². The summed E-state index contributed by atoms with van der Waals surface area (Å²) in [5.41, 5.74) is 1.65. The minimum atomic E-state index is -3.42. The van der Waals surface area contributed by atoms with Gasteiger partial charge in [0, 0.05) is 12.1 Å². The smallest absolute Gasteiger partial charge is 0.230 e. The van der Waals surface area contributed by atoms with Crippen molar-refractivity contribution in [3.05, 3.63) is 36.2 Å². The summed E-state index contributed by atoms with van der Waals surface area (Å²) in [6, 6.07) is 9.15. The van der Waals surface area contributed by atoms with Crippen LogP contribution in [0.1, 0.15) is 18.5 Å². The molecule has 1 aliphatic rings. The van der Waals surface area contributed by atoms with Crippen molar-refractivity contribution in [3.63, 3.8) is 0 Å². The predicted molar refractivity (Wildman–Crippen MR) is 100 cm³/mol. The fourth-order valence-electron chi connectivity index (χ4n) is 2.54. The van der Waals surface area contributed by atoms with Crippen molar-refractivity contribution in [2.45, 2.75) is 18.9 Å². The number of fused-ring (bicyclic) bond motifs is 1. The highest BCUT2D eigenvalue weighted by Gasteiger charge is 2.23. The largest absolute Gasteiger partial charge is 0.379 e. The summed E-state index contributed by atoms with van der Waals surface area (Å²) in [5, 5.41) is 20.1. The van der Waals surface area contributed by atoms with E-state index in [0.717, 1.165) is 24.8 Å². The molecule has 4 rings (SSSR count). The van der Waals surface area contributed by atoms with Gasteiger partial charge in [-0.05, 0) is 25.0 Å². The van der Waals surface area contributed by atoms with Crippen LogP contribution in [0.4, 0.5) is 23.1 Å². The third-order valence-corrected chi connectivity index (χ3v) is 4.39. The van der Waals surface area contributed by atoms with Crippen LogP contribution in [0.25, 0.3) is 5.65 Å². The lowest BCUT2D eigenvalue weighted by molar-refractivity contribution is 0.606. The highest BCUT2D eigenvalue weighted by molar-refractivity contribution is 7.92. The van der Waals surface area contributed by atoms with Crippen LogP contribution in [-0.2, 0) is 10.0 Å². The fourth-order valence-corrected chi connectivity index (χ4v) is 3.04. The lowest BCUT2D eigenvalue weighted by atomic mass is 10.4. The number of nitriles is 1. The first-order chi connectivity index (χ1) is 12.9. The number of pyridine rings is 1. The molecule has 0 aliphatic heterocycles. The molecule has 3 aromatic rings. The maximum atomic E-state index is 11.4. The van der Waals surface area contributed by atoms with Gasteiger partial charge >= 0.3 is 0 Å². The molecule has 0 bridgehead atoms. The topological polar surface area (TPSA) is 137 Å². The van der Waals surface area contributed by atoms with E-state index in [9.17, 15) is 13.7 Å². The van der Waals surface area contributed by atoms with Gasteiger partial charge in [0.25, 0.3) is 0 Å². The molecule has 0 radical (unpaired) electrons. The zero-order valence-corrected chi connectivity index (χ0v) is 15.2. The lowest BCUT2D eigenvalue weighted by Crippen LogP contribution is -2.11. The molecule has 1 aliphatic carbocycles. The zero-order chi connectivity index (χ0) is 19.0. The normalized spacial score (nSPS) is 13.9. The first kappa shape index (κ1) is 17.0. The van der Waals surface area contributed by atoms with E-state index >= 15 is 0 Å². The van der Waals surface area contributed by atoms with Crippen molar-refractivity contribution < 1.29 is 8.42 Å². The Morgan fingerprint density at radius 1 is 1.26 bits per heavy atom. The Bertz CT molecular complexity index is 1160. The van der Waals surface area contributed by atoms with Crippen molar-refractivity contribution in [2.24, 2.45) is 0 Å². The Balaban J connectivity index is 1.69. The number of rotatable bonds is 6. The van der Waals surface area contributed by atoms with E-state index in [0.29, 0.717) is 29.0 Å². The van der Waals surface area contributed by atoms with Gasteiger partial charge in [-0.2, -0.15) is 9.78 Å². The van der Waals surface area contributed by atoms with E-state index < -0.39 is 10.0 Å². The maximum absolute atomic E-state index is 11.4. The molecule has 0 amide bonds. The molecule has 0 atom stereocenters. The molecule has 138 valence electrons. The Morgan fingerprint density at radius 2 is 2.04 bits per heavy atom. The third-order valence-electron chi connectivity index (χ3n) is 3.81. The Labute approximate surface area is 155 Å². The van der Waals surface area contributed by atoms with E-state index in [1.54, 1.807) is 24.3 Å². The summed E-state index contributed by atoms with van der Waals surface area (Å²) in [6.07, 6.45) is 4.70. The molecule has 0 unspecified atom stereocenters. The van der Waals surface area contributed by atoms with Gasteiger partial charge in [0.15, 0.2) is 17.2 Å². The van der Waals surface area contributed by atoms with Crippen LogP contribution in [0.3, 0.4) is 0 Å². The number of hydrogen-bond acceptors (Lipinski definition) is 8. The van der Waals surface area contributed by atoms with E-state index in [1.165, 1.54) is 10.7 Å². The Morgan fingerprint density at radius 3 is 2.74 bits per heavy atom. The second-order valence-electron chi connectivity index (χ2n) is 6.26. The number of nitrogens with zero attached hydrogens (tertiary/aromatic N) is 5. The molecule has 3 N–H and O–H groups in total. The molecule has 3 aromatic heterocycles. The number of anilines is 4. The highest BCUT2D eigenvalue weighted by atomic mass is 32.2. The lowest BCUT2D eigenvalue weighted by Gasteiger charge is -2.11. The van der Waals surface area contributed by atoms with Crippen LogP contribution < -0.4 is 15.4 Å². The third kappa shape index (κ3) is 3.90. The van der Waals surface area contributed by atoms with E-state index in [-0.39, 0.29) is 5.82 Å². The Kier molecular flexibility index (Phi) is 4.04. The highest BCUT2D eigenvalue weighted by Crippen LogP contribution is 2.29. The summed E-state index contributed by atoms with van der Waals surface area (Å²) in [7, 11) is -3.42. The molecule has 0 saturated heterocycles. The number of sulfonamides is 1. The standard InChI is InChI=1S/C16H16N8O2S/c1-27(25,26)23-14-4-2-3-13(20-14)21-15-7-12(19-10-5-6-10)16-18-9-11(8-17)24(16)22-15/h2-4,7,9-10,19H,5-6H2,1H3,(H2,20,21,22,23). The SMILES string of the molecule is CS(=O)(=O)Nc1cccc(Nc2cc(NC3CC3)c3ncc(C#N)n3n2)n1. The zero-order valence-electron chi connectivity index (χ0n) is 14.3. The first-order valence-electron chi connectivity index (χ1n) is 8.18. The molecule has 10 nitrogen and oxygen atoms in total. The van der Waals surface area contributed by atoms with Gasteiger partial charge in [-0.25, -0.2) is 18.4 Å². The van der Waals surface area contributed by atoms with Crippen molar-refractivity contribution in [1.29, 1.82) is 5.26 Å². The van der Waals surface area contributed by atoms with Gasteiger partial charge < -0.3 is 10.6 Å². The molecule has 1 fully saturated rings. The van der Waals surface area contributed by atoms with Gasteiger partial charge in [0.1, 0.15) is 17.7 Å². The summed E-state index contributed by atoms with van der Waals surface area (Å²) in [4.78, 5) is 8.48. The summed E-state index contributed by atoms with van der Waals surface area (Å²) < 4.78 is 26.5. The average molecular weight is 384 g/mol. The molecule has 3 heterocycles. The van der Waals surface area contributed by atoms with Gasteiger partial charge in [-0.3, -0.25) is 4.72 Å². The summed E-state index contributed by atoms with van der Waals surface area (Å²) in [6.45, 7) is 0. The van der Waals surface area contributed by atoms with Crippen molar-refractivity contribution >= 4 is 38.8 Å². The van der Waals surface area contributed by atoms with Crippen LogP contribution in [-0.4, -0.2) is 40.3 Å². The number of aromatic nitrogens is 4. The number of imidazole rings is 1. The van der Waals surface area contributed by atoms with Gasteiger partial charge in [0.2, 0.25) is 10.0 Å². The van der Waals surface area contributed by atoms with E-state index in [2.05, 4.69) is 36.5 Å². The van der Waals surface area contributed by atoms with Crippen molar-refractivity contribution in [1.82, 2.24) is 19.6 Å². The van der Waals surface area contributed by atoms with Gasteiger partial charge in [0.05, 0.1) is 18.1 Å². The molecule has 11 heteroatoms. The number of nitrogens with one attached hydrogen (secondary N) is 3. The van der Waals surface area contributed by atoms with Crippen molar-refractivity contribution in [2.75, 3.05) is 21.6 Å².